The minimum Gasteiger partial charge on any atom is -0.497 e. The molecule has 2 aromatic rings. The Kier molecular flexibility index (Phi) is 5.49. The highest BCUT2D eigenvalue weighted by Crippen LogP contribution is 2.22. The van der Waals surface area contributed by atoms with E-state index >= 15 is 0 Å². The average molecular weight is 329 g/mol. The van der Waals surface area contributed by atoms with E-state index in [1.54, 1.807) is 7.11 Å². The molecule has 1 heterocycles. The van der Waals surface area contributed by atoms with Crippen LogP contribution in [0.2, 0.25) is 0 Å². The number of Topliss-reactive ketones (excluding diaryl/α,β-unsaturated/α-hetero) is 1. The fraction of sp³-hybridized carbons (Fsp3) is 0.267. The number of carbonyl (C=O) groups is 1. The third kappa shape index (κ3) is 4.17. The number of ketones is 1. The van der Waals surface area contributed by atoms with Crippen molar-refractivity contribution in [1.82, 2.24) is 15.2 Å². The Labute approximate surface area is 137 Å². The van der Waals surface area contributed by atoms with Gasteiger partial charge in [-0.15, -0.1) is 5.10 Å². The van der Waals surface area contributed by atoms with E-state index < -0.39 is 5.92 Å². The van der Waals surface area contributed by atoms with Crippen LogP contribution in [0.4, 0.5) is 0 Å². The molecule has 0 aliphatic heterocycles. The fourth-order valence-electron chi connectivity index (χ4n) is 1.82. The van der Waals surface area contributed by atoms with E-state index in [0.717, 1.165) is 23.1 Å². The molecule has 23 heavy (non-hydrogen) atoms. The minimum absolute atomic E-state index is 0.0482. The number of thioether (sulfide) groups is 1. The van der Waals surface area contributed by atoms with Crippen LogP contribution in [0.25, 0.3) is 11.4 Å². The summed E-state index contributed by atoms with van der Waals surface area (Å²) in [6, 6.07) is 9.17. The number of methoxy groups -OCH3 is 1. The van der Waals surface area contributed by atoms with E-state index in [1.807, 2.05) is 30.3 Å². The van der Waals surface area contributed by atoms with E-state index in [0.29, 0.717) is 11.0 Å². The lowest BCUT2D eigenvalue weighted by Crippen LogP contribution is -2.21. The maximum Gasteiger partial charge on any atom is 0.209 e. The third-order valence-electron chi connectivity index (χ3n) is 3.06. The molecular formula is C15H15N5O2S. The zero-order chi connectivity index (χ0) is 16.8. The zero-order valence-corrected chi connectivity index (χ0v) is 13.5. The van der Waals surface area contributed by atoms with Crippen molar-refractivity contribution >= 4 is 23.3 Å². The first-order valence-corrected chi connectivity index (χ1v) is 7.70. The molecule has 0 spiro atoms. The number of ether oxygens (including phenoxy) is 1. The maximum absolute atomic E-state index is 11.9. The molecule has 1 aromatic heterocycles. The van der Waals surface area contributed by atoms with Crippen molar-refractivity contribution in [2.75, 3.05) is 12.9 Å². The van der Waals surface area contributed by atoms with Gasteiger partial charge < -0.3 is 10.1 Å². The fourth-order valence-corrected chi connectivity index (χ4v) is 2.52. The summed E-state index contributed by atoms with van der Waals surface area (Å²) in [6.07, 6.45) is 0. The lowest BCUT2D eigenvalue weighted by molar-refractivity contribution is -0.117. The van der Waals surface area contributed by atoms with Crippen molar-refractivity contribution in [3.63, 3.8) is 0 Å². The van der Waals surface area contributed by atoms with Crippen molar-refractivity contribution < 1.29 is 9.53 Å². The quantitative estimate of drug-likeness (QED) is 0.595. The van der Waals surface area contributed by atoms with Crippen molar-refractivity contribution in [2.24, 2.45) is 5.92 Å². The van der Waals surface area contributed by atoms with E-state index in [1.165, 1.54) is 6.92 Å². The molecule has 0 amide bonds. The second-order valence-electron chi connectivity index (χ2n) is 4.70. The summed E-state index contributed by atoms with van der Waals surface area (Å²) in [5.41, 5.74) is 0.897. The summed E-state index contributed by atoms with van der Waals surface area (Å²) in [5.74, 6) is 0.0675. The summed E-state index contributed by atoms with van der Waals surface area (Å²) in [6.45, 7) is 1.45. The predicted molar refractivity (Wildman–Crippen MR) is 86.6 cm³/mol. The van der Waals surface area contributed by atoms with Crippen molar-refractivity contribution in [1.29, 1.82) is 10.7 Å². The molecule has 118 valence electrons. The van der Waals surface area contributed by atoms with Gasteiger partial charge in [0, 0.05) is 11.3 Å². The number of carbonyl (C=O) groups excluding carboxylic acids is 1. The second-order valence-corrected chi connectivity index (χ2v) is 5.64. The van der Waals surface area contributed by atoms with Gasteiger partial charge in [0.05, 0.1) is 18.9 Å². The normalized spacial score (nSPS) is 11.5. The lowest BCUT2D eigenvalue weighted by Gasteiger charge is -2.03. The number of hydrogen-bond acceptors (Lipinski definition) is 7. The number of aromatic nitrogens is 3. The van der Waals surface area contributed by atoms with Crippen LogP contribution in [0.1, 0.15) is 6.92 Å². The van der Waals surface area contributed by atoms with E-state index in [9.17, 15) is 4.79 Å². The SMILES string of the molecule is COc1ccc(-c2nc(SCC(=O)C(C#N)C(C)=N)n[nH]2)cc1. The van der Waals surface area contributed by atoms with Gasteiger partial charge >= 0.3 is 0 Å². The van der Waals surface area contributed by atoms with Crippen LogP contribution in [-0.4, -0.2) is 39.5 Å². The monoisotopic (exact) mass is 329 g/mol. The standard InChI is InChI=1S/C15H15N5O2S/c1-9(17)12(7-16)13(21)8-23-15-18-14(19-20-15)10-3-5-11(22-2)6-4-10/h3-6,12,17H,8H2,1-2H3,(H,18,19,20). The molecule has 0 fully saturated rings. The Morgan fingerprint density at radius 1 is 1.48 bits per heavy atom. The van der Waals surface area contributed by atoms with Gasteiger partial charge in [0.15, 0.2) is 11.6 Å². The Balaban J connectivity index is 2.01. The Bertz CT molecular complexity index is 748. The topological polar surface area (TPSA) is 116 Å². The highest BCUT2D eigenvalue weighted by molar-refractivity contribution is 7.99. The summed E-state index contributed by atoms with van der Waals surface area (Å²) in [7, 11) is 1.60. The molecule has 1 atom stereocenters. The highest BCUT2D eigenvalue weighted by atomic mass is 32.2. The zero-order valence-electron chi connectivity index (χ0n) is 12.7. The van der Waals surface area contributed by atoms with Crippen LogP contribution < -0.4 is 4.74 Å². The molecule has 0 saturated carbocycles. The Morgan fingerprint density at radius 3 is 2.74 bits per heavy atom. The van der Waals surface area contributed by atoms with E-state index in [-0.39, 0.29) is 17.2 Å². The van der Waals surface area contributed by atoms with Gasteiger partial charge in [-0.3, -0.25) is 9.89 Å². The predicted octanol–water partition coefficient (Wildman–Crippen LogP) is 2.32. The minimum atomic E-state index is -0.998. The summed E-state index contributed by atoms with van der Waals surface area (Å²) in [5, 5.41) is 23.6. The summed E-state index contributed by atoms with van der Waals surface area (Å²) in [4.78, 5) is 16.2. The number of benzene rings is 1. The summed E-state index contributed by atoms with van der Waals surface area (Å²) >= 11 is 1.14. The number of nitrogens with one attached hydrogen (secondary N) is 2. The van der Waals surface area contributed by atoms with Gasteiger partial charge in [-0.2, -0.15) is 5.26 Å². The van der Waals surface area contributed by atoms with Gasteiger partial charge in [-0.05, 0) is 31.2 Å². The van der Waals surface area contributed by atoms with Crippen molar-refractivity contribution in [3.05, 3.63) is 24.3 Å². The maximum atomic E-state index is 11.9. The van der Waals surface area contributed by atoms with Gasteiger partial charge in [0.25, 0.3) is 0 Å². The Hall–Kier alpha value is -2.66. The molecular weight excluding hydrogens is 314 g/mol. The summed E-state index contributed by atoms with van der Waals surface area (Å²) < 4.78 is 5.10. The molecule has 1 aromatic carbocycles. The van der Waals surface area contributed by atoms with Crippen LogP contribution in [0.5, 0.6) is 5.75 Å². The lowest BCUT2D eigenvalue weighted by atomic mass is 10.0. The number of nitriles is 1. The van der Waals surface area contributed by atoms with Crippen LogP contribution in [0.15, 0.2) is 29.4 Å². The molecule has 2 rings (SSSR count). The molecule has 0 bridgehead atoms. The van der Waals surface area contributed by atoms with Gasteiger partial charge in [0.1, 0.15) is 11.7 Å². The number of rotatable bonds is 7. The first-order valence-electron chi connectivity index (χ1n) is 6.72. The van der Waals surface area contributed by atoms with Gasteiger partial charge in [0.2, 0.25) is 5.16 Å². The Morgan fingerprint density at radius 2 is 2.17 bits per heavy atom. The van der Waals surface area contributed by atoms with Gasteiger partial charge in [-0.1, -0.05) is 11.8 Å². The van der Waals surface area contributed by atoms with Crippen molar-refractivity contribution in [3.8, 4) is 23.2 Å². The number of nitrogens with zero attached hydrogens (tertiary/aromatic N) is 3. The van der Waals surface area contributed by atoms with Crippen LogP contribution in [0.3, 0.4) is 0 Å². The molecule has 0 radical (unpaired) electrons. The first-order chi connectivity index (χ1) is 11.0. The smallest absolute Gasteiger partial charge is 0.209 e. The molecule has 8 heteroatoms. The molecule has 0 saturated heterocycles. The first kappa shape index (κ1) is 16.7. The van der Waals surface area contributed by atoms with E-state index in [4.69, 9.17) is 15.4 Å². The number of H-pyrrole nitrogens is 1. The molecule has 7 nitrogen and oxygen atoms in total. The third-order valence-corrected chi connectivity index (χ3v) is 3.93. The molecule has 2 N–H and O–H groups in total. The average Bonchev–Trinajstić information content (AvgIpc) is 3.02. The molecule has 1 unspecified atom stereocenters. The van der Waals surface area contributed by atoms with Crippen LogP contribution in [0, 0.1) is 22.7 Å². The number of aromatic amines is 1. The largest absolute Gasteiger partial charge is 0.497 e. The molecule has 0 aliphatic rings. The second kappa shape index (κ2) is 7.56. The molecule has 0 aliphatic carbocycles. The van der Waals surface area contributed by atoms with Crippen LogP contribution >= 0.6 is 11.8 Å². The number of hydrogen-bond donors (Lipinski definition) is 2. The van der Waals surface area contributed by atoms with Gasteiger partial charge in [-0.25, -0.2) is 4.98 Å². The van der Waals surface area contributed by atoms with E-state index in [2.05, 4.69) is 15.2 Å². The van der Waals surface area contributed by atoms with Crippen molar-refractivity contribution in [2.45, 2.75) is 12.1 Å². The highest BCUT2D eigenvalue weighted by Gasteiger charge is 2.20. The van der Waals surface area contributed by atoms with Crippen LogP contribution in [-0.2, 0) is 4.79 Å².